The van der Waals surface area contributed by atoms with E-state index in [1.807, 2.05) is 11.9 Å². The van der Waals surface area contributed by atoms with Crippen LogP contribution in [0.2, 0.25) is 0 Å². The van der Waals surface area contributed by atoms with Crippen molar-refractivity contribution in [1.29, 1.82) is 0 Å². The van der Waals surface area contributed by atoms with Gasteiger partial charge in [-0.1, -0.05) is 0 Å². The Bertz CT molecular complexity index is 215. The number of hydrogen-bond donors (Lipinski definition) is 1. The van der Waals surface area contributed by atoms with Gasteiger partial charge in [-0.25, -0.2) is 9.97 Å². The zero-order valence-corrected chi connectivity index (χ0v) is 7.14. The van der Waals surface area contributed by atoms with E-state index in [9.17, 15) is 0 Å². The van der Waals surface area contributed by atoms with Gasteiger partial charge in [-0.15, -0.1) is 0 Å². The Morgan fingerprint density at radius 2 is 2.08 bits per heavy atom. The molecule has 0 fully saturated rings. The van der Waals surface area contributed by atoms with Crippen LogP contribution in [0.3, 0.4) is 0 Å². The molecule has 1 aromatic heterocycles. The maximum absolute atomic E-state index is 8.64. The zero-order chi connectivity index (χ0) is 8.81. The lowest BCUT2D eigenvalue weighted by molar-refractivity contribution is 0.217. The molecule has 4 nitrogen and oxygen atoms in total. The first kappa shape index (κ1) is 9.09. The minimum atomic E-state index is 0.185. The Morgan fingerprint density at radius 3 is 2.67 bits per heavy atom. The summed E-state index contributed by atoms with van der Waals surface area (Å²) in [4.78, 5) is 9.81. The van der Waals surface area contributed by atoms with Crippen molar-refractivity contribution in [3.05, 3.63) is 24.3 Å². The van der Waals surface area contributed by atoms with Crippen LogP contribution in [0.15, 0.2) is 18.7 Å². The van der Waals surface area contributed by atoms with Crippen LogP contribution in [0.4, 0.5) is 0 Å². The highest BCUT2D eigenvalue weighted by Gasteiger charge is 1.98. The highest BCUT2D eigenvalue weighted by Crippen LogP contribution is 1.97. The maximum atomic E-state index is 8.64. The van der Waals surface area contributed by atoms with Gasteiger partial charge >= 0.3 is 0 Å². The van der Waals surface area contributed by atoms with Crippen molar-refractivity contribution >= 4 is 0 Å². The molecule has 66 valence electrons. The van der Waals surface area contributed by atoms with E-state index in [-0.39, 0.29) is 6.61 Å². The molecule has 0 saturated heterocycles. The van der Waals surface area contributed by atoms with E-state index in [1.54, 1.807) is 12.4 Å². The number of aliphatic hydroxyl groups is 1. The summed E-state index contributed by atoms with van der Waals surface area (Å²) < 4.78 is 0. The molecule has 1 heterocycles. The van der Waals surface area contributed by atoms with Crippen LogP contribution >= 0.6 is 0 Å². The SMILES string of the molecule is CN(CCO)Cc1cncnc1. The zero-order valence-electron chi connectivity index (χ0n) is 7.14. The summed E-state index contributed by atoms with van der Waals surface area (Å²) in [7, 11) is 1.95. The standard InChI is InChI=1S/C8H13N3O/c1-11(2-3-12)6-8-4-9-7-10-5-8/h4-5,7,12H,2-3,6H2,1H3. The molecule has 0 unspecified atom stereocenters. The van der Waals surface area contributed by atoms with Crippen molar-refractivity contribution in [3.63, 3.8) is 0 Å². The molecule has 12 heavy (non-hydrogen) atoms. The van der Waals surface area contributed by atoms with Crippen molar-refractivity contribution in [1.82, 2.24) is 14.9 Å². The van der Waals surface area contributed by atoms with Crippen LogP contribution in [0, 0.1) is 0 Å². The smallest absolute Gasteiger partial charge is 0.115 e. The van der Waals surface area contributed by atoms with E-state index >= 15 is 0 Å². The van der Waals surface area contributed by atoms with Gasteiger partial charge in [0.05, 0.1) is 6.61 Å². The molecule has 0 aliphatic heterocycles. The Morgan fingerprint density at radius 1 is 1.42 bits per heavy atom. The van der Waals surface area contributed by atoms with Gasteiger partial charge in [0.1, 0.15) is 6.33 Å². The van der Waals surface area contributed by atoms with Crippen LogP contribution < -0.4 is 0 Å². The third kappa shape index (κ3) is 2.94. The Hall–Kier alpha value is -1.00. The Kier molecular flexibility index (Phi) is 3.63. The lowest BCUT2D eigenvalue weighted by Crippen LogP contribution is -2.21. The molecule has 0 radical (unpaired) electrons. The van der Waals surface area contributed by atoms with Gasteiger partial charge in [0.15, 0.2) is 0 Å². The molecule has 0 amide bonds. The van der Waals surface area contributed by atoms with Crippen LogP contribution in [-0.4, -0.2) is 40.2 Å². The number of likely N-dealkylation sites (N-methyl/N-ethyl adjacent to an activating group) is 1. The summed E-state index contributed by atoms with van der Waals surface area (Å²) >= 11 is 0. The molecule has 0 spiro atoms. The van der Waals surface area contributed by atoms with Crippen LogP contribution in [-0.2, 0) is 6.54 Å². The lowest BCUT2D eigenvalue weighted by Gasteiger charge is -2.13. The van der Waals surface area contributed by atoms with Gasteiger partial charge in [0.2, 0.25) is 0 Å². The summed E-state index contributed by atoms with van der Waals surface area (Å²) in [5, 5.41) is 8.64. The molecule has 0 aliphatic carbocycles. The van der Waals surface area contributed by atoms with Crippen LogP contribution in [0.1, 0.15) is 5.56 Å². The average molecular weight is 167 g/mol. The van der Waals surface area contributed by atoms with Gasteiger partial charge in [-0.2, -0.15) is 0 Å². The van der Waals surface area contributed by atoms with E-state index in [1.165, 1.54) is 6.33 Å². The fourth-order valence-electron chi connectivity index (χ4n) is 0.973. The van der Waals surface area contributed by atoms with E-state index in [0.717, 1.165) is 12.1 Å². The number of rotatable bonds is 4. The Labute approximate surface area is 71.9 Å². The second-order valence-electron chi connectivity index (χ2n) is 2.71. The normalized spacial score (nSPS) is 10.6. The second kappa shape index (κ2) is 4.79. The molecule has 0 aliphatic rings. The molecule has 0 saturated carbocycles. The Balaban J connectivity index is 2.41. The van der Waals surface area contributed by atoms with Crippen molar-refractivity contribution in [2.75, 3.05) is 20.2 Å². The third-order valence-corrected chi connectivity index (χ3v) is 1.55. The fraction of sp³-hybridized carbons (Fsp3) is 0.500. The molecule has 1 N–H and O–H groups in total. The van der Waals surface area contributed by atoms with Crippen molar-refractivity contribution in [2.45, 2.75) is 6.54 Å². The molecular formula is C8H13N3O. The summed E-state index contributed by atoms with van der Waals surface area (Å²) in [5.74, 6) is 0. The quantitative estimate of drug-likeness (QED) is 0.680. The molecule has 1 aromatic rings. The number of nitrogens with zero attached hydrogens (tertiary/aromatic N) is 3. The fourth-order valence-corrected chi connectivity index (χ4v) is 0.973. The predicted octanol–water partition coefficient (Wildman–Crippen LogP) is -0.0993. The topological polar surface area (TPSA) is 49.2 Å². The minimum absolute atomic E-state index is 0.185. The summed E-state index contributed by atoms with van der Waals surface area (Å²) in [6.45, 7) is 1.64. The van der Waals surface area contributed by atoms with Gasteiger partial charge in [0.25, 0.3) is 0 Å². The largest absolute Gasteiger partial charge is 0.395 e. The minimum Gasteiger partial charge on any atom is -0.395 e. The van der Waals surface area contributed by atoms with Crippen molar-refractivity contribution < 1.29 is 5.11 Å². The summed E-state index contributed by atoms with van der Waals surface area (Å²) in [6.07, 6.45) is 5.07. The number of hydrogen-bond acceptors (Lipinski definition) is 4. The molecule has 1 rings (SSSR count). The van der Waals surface area contributed by atoms with E-state index in [4.69, 9.17) is 5.11 Å². The van der Waals surface area contributed by atoms with E-state index in [2.05, 4.69) is 9.97 Å². The number of aliphatic hydroxyl groups excluding tert-OH is 1. The average Bonchev–Trinajstić information content (AvgIpc) is 2.06. The molecule has 4 heteroatoms. The highest BCUT2D eigenvalue weighted by atomic mass is 16.3. The van der Waals surface area contributed by atoms with Crippen LogP contribution in [0.5, 0.6) is 0 Å². The van der Waals surface area contributed by atoms with Gasteiger partial charge in [-0.3, -0.25) is 4.90 Å². The molecule has 0 bridgehead atoms. The first-order valence-electron chi connectivity index (χ1n) is 3.86. The van der Waals surface area contributed by atoms with Gasteiger partial charge in [0, 0.05) is 31.0 Å². The van der Waals surface area contributed by atoms with Gasteiger partial charge < -0.3 is 5.11 Å². The monoisotopic (exact) mass is 167 g/mol. The third-order valence-electron chi connectivity index (χ3n) is 1.55. The molecule has 0 aromatic carbocycles. The van der Waals surface area contributed by atoms with Crippen molar-refractivity contribution in [2.24, 2.45) is 0 Å². The van der Waals surface area contributed by atoms with E-state index in [0.29, 0.717) is 6.54 Å². The second-order valence-corrected chi connectivity index (χ2v) is 2.71. The molecule has 0 atom stereocenters. The van der Waals surface area contributed by atoms with Crippen LogP contribution in [0.25, 0.3) is 0 Å². The molecular weight excluding hydrogens is 154 g/mol. The summed E-state index contributed by atoms with van der Waals surface area (Å²) in [5.41, 5.74) is 1.06. The first-order valence-corrected chi connectivity index (χ1v) is 3.86. The first-order chi connectivity index (χ1) is 5.83. The summed E-state index contributed by atoms with van der Waals surface area (Å²) in [6, 6.07) is 0. The maximum Gasteiger partial charge on any atom is 0.115 e. The predicted molar refractivity (Wildman–Crippen MR) is 45.5 cm³/mol. The highest BCUT2D eigenvalue weighted by molar-refractivity contribution is 5.01. The number of aromatic nitrogens is 2. The van der Waals surface area contributed by atoms with Crippen molar-refractivity contribution in [3.8, 4) is 0 Å². The van der Waals surface area contributed by atoms with Gasteiger partial charge in [-0.05, 0) is 7.05 Å². The lowest BCUT2D eigenvalue weighted by atomic mass is 10.3. The van der Waals surface area contributed by atoms with E-state index < -0.39 is 0 Å².